The maximum absolute atomic E-state index is 13.1. The SMILES string of the molecule is CCCCCCNc1cc(Br)c(F)cc1N. The van der Waals surface area contributed by atoms with Crippen LogP contribution < -0.4 is 11.1 Å². The highest BCUT2D eigenvalue weighted by Crippen LogP contribution is 2.26. The number of unbranched alkanes of at least 4 members (excludes halogenated alkanes) is 3. The van der Waals surface area contributed by atoms with Crippen molar-refractivity contribution in [2.75, 3.05) is 17.6 Å². The number of benzene rings is 1. The summed E-state index contributed by atoms with van der Waals surface area (Å²) in [6, 6.07) is 3.02. The van der Waals surface area contributed by atoms with Crippen molar-refractivity contribution in [2.45, 2.75) is 32.6 Å². The van der Waals surface area contributed by atoms with Crippen molar-refractivity contribution in [3.63, 3.8) is 0 Å². The number of nitrogen functional groups attached to an aromatic ring is 1. The van der Waals surface area contributed by atoms with Crippen molar-refractivity contribution in [1.29, 1.82) is 0 Å². The maximum atomic E-state index is 13.1. The summed E-state index contributed by atoms with van der Waals surface area (Å²) in [5, 5.41) is 3.22. The van der Waals surface area contributed by atoms with Gasteiger partial charge in [-0.25, -0.2) is 4.39 Å². The van der Waals surface area contributed by atoms with Crippen LogP contribution in [0.3, 0.4) is 0 Å². The smallest absolute Gasteiger partial charge is 0.139 e. The third-order valence-electron chi connectivity index (χ3n) is 2.44. The first kappa shape index (κ1) is 13.3. The number of halogens is 2. The molecule has 0 atom stereocenters. The van der Waals surface area contributed by atoms with Gasteiger partial charge in [-0.2, -0.15) is 0 Å². The van der Waals surface area contributed by atoms with Crippen molar-refractivity contribution in [2.24, 2.45) is 0 Å². The topological polar surface area (TPSA) is 38.0 Å². The van der Waals surface area contributed by atoms with Crippen LogP contribution in [0.1, 0.15) is 32.6 Å². The molecule has 3 N–H and O–H groups in total. The summed E-state index contributed by atoms with van der Waals surface area (Å²) in [4.78, 5) is 0. The first-order chi connectivity index (χ1) is 7.65. The first-order valence-corrected chi connectivity index (χ1v) is 6.42. The Labute approximate surface area is 105 Å². The second kappa shape index (κ2) is 6.74. The van der Waals surface area contributed by atoms with E-state index >= 15 is 0 Å². The van der Waals surface area contributed by atoms with Crippen molar-refractivity contribution < 1.29 is 4.39 Å². The van der Waals surface area contributed by atoms with Gasteiger partial charge in [0.05, 0.1) is 15.8 Å². The van der Waals surface area contributed by atoms with Crippen LogP contribution in [0.2, 0.25) is 0 Å². The van der Waals surface area contributed by atoms with Gasteiger partial charge in [-0.05, 0) is 28.4 Å². The molecule has 2 nitrogen and oxygen atoms in total. The summed E-state index contributed by atoms with van der Waals surface area (Å²) in [5.41, 5.74) is 6.96. The molecule has 0 aliphatic heterocycles. The molecular weight excluding hydrogens is 271 g/mol. The fourth-order valence-corrected chi connectivity index (χ4v) is 1.83. The van der Waals surface area contributed by atoms with Crippen molar-refractivity contribution >= 4 is 27.3 Å². The molecule has 0 aromatic heterocycles. The highest BCUT2D eigenvalue weighted by molar-refractivity contribution is 9.10. The molecule has 0 spiro atoms. The Morgan fingerprint density at radius 1 is 1.31 bits per heavy atom. The molecule has 16 heavy (non-hydrogen) atoms. The van der Waals surface area contributed by atoms with Gasteiger partial charge < -0.3 is 11.1 Å². The van der Waals surface area contributed by atoms with Gasteiger partial charge in [-0.15, -0.1) is 0 Å². The number of anilines is 2. The molecule has 90 valence electrons. The van der Waals surface area contributed by atoms with E-state index in [0.717, 1.165) is 18.7 Å². The monoisotopic (exact) mass is 288 g/mol. The maximum Gasteiger partial charge on any atom is 0.139 e. The third-order valence-corrected chi connectivity index (χ3v) is 3.05. The minimum Gasteiger partial charge on any atom is -0.397 e. The van der Waals surface area contributed by atoms with E-state index in [9.17, 15) is 4.39 Å². The third kappa shape index (κ3) is 4.00. The number of hydrogen-bond acceptors (Lipinski definition) is 2. The molecule has 1 aromatic carbocycles. The molecule has 4 heteroatoms. The molecule has 1 aromatic rings. The zero-order chi connectivity index (χ0) is 12.0. The summed E-state index contributed by atoms with van der Waals surface area (Å²) in [7, 11) is 0. The molecule has 0 unspecified atom stereocenters. The lowest BCUT2D eigenvalue weighted by atomic mass is 10.2. The second-order valence-electron chi connectivity index (χ2n) is 3.84. The zero-order valence-electron chi connectivity index (χ0n) is 9.52. The van der Waals surface area contributed by atoms with E-state index in [-0.39, 0.29) is 5.82 Å². The summed E-state index contributed by atoms with van der Waals surface area (Å²) >= 11 is 3.14. The fourth-order valence-electron chi connectivity index (χ4n) is 1.49. The van der Waals surface area contributed by atoms with E-state index in [4.69, 9.17) is 5.73 Å². The Morgan fingerprint density at radius 3 is 2.75 bits per heavy atom. The summed E-state index contributed by atoms with van der Waals surface area (Å²) in [6.07, 6.45) is 4.81. The highest BCUT2D eigenvalue weighted by Gasteiger charge is 2.04. The van der Waals surface area contributed by atoms with Gasteiger partial charge in [0.15, 0.2) is 0 Å². The predicted octanol–water partition coefficient (Wildman–Crippen LogP) is 4.16. The minimum atomic E-state index is -0.325. The average molecular weight is 289 g/mol. The number of nitrogens with one attached hydrogen (secondary N) is 1. The van der Waals surface area contributed by atoms with Gasteiger partial charge in [0.1, 0.15) is 5.82 Å². The van der Waals surface area contributed by atoms with Crippen LogP contribution in [0.5, 0.6) is 0 Å². The molecule has 1 rings (SSSR count). The molecule has 0 heterocycles. The standard InChI is InChI=1S/C12H18BrFN2/c1-2-3-4-5-6-16-12-7-9(13)10(14)8-11(12)15/h7-8,16H,2-6,15H2,1H3. The lowest BCUT2D eigenvalue weighted by Gasteiger charge is -2.10. The number of rotatable bonds is 6. The van der Waals surface area contributed by atoms with Gasteiger partial charge in [0, 0.05) is 12.6 Å². The molecule has 0 fully saturated rings. The van der Waals surface area contributed by atoms with Crippen LogP contribution in [-0.2, 0) is 0 Å². The minimum absolute atomic E-state index is 0.325. The quantitative estimate of drug-likeness (QED) is 0.609. The lowest BCUT2D eigenvalue weighted by Crippen LogP contribution is -2.04. The molecule has 0 saturated carbocycles. The van der Waals surface area contributed by atoms with Crippen molar-refractivity contribution in [3.05, 3.63) is 22.4 Å². The zero-order valence-corrected chi connectivity index (χ0v) is 11.1. The molecule has 0 radical (unpaired) electrons. The Hall–Kier alpha value is -0.770. The normalized spacial score (nSPS) is 10.4. The molecule has 0 aliphatic rings. The van der Waals surface area contributed by atoms with Crippen LogP contribution in [0.4, 0.5) is 15.8 Å². The largest absolute Gasteiger partial charge is 0.397 e. The molecule has 0 aliphatic carbocycles. The van der Waals surface area contributed by atoms with E-state index in [1.165, 1.54) is 25.3 Å². The van der Waals surface area contributed by atoms with E-state index in [1.807, 2.05) is 0 Å². The van der Waals surface area contributed by atoms with Crippen LogP contribution in [-0.4, -0.2) is 6.54 Å². The Bertz CT molecular complexity index is 342. The Kier molecular flexibility index (Phi) is 5.60. The van der Waals surface area contributed by atoms with Gasteiger partial charge in [0.25, 0.3) is 0 Å². The summed E-state index contributed by atoms with van der Waals surface area (Å²) < 4.78 is 13.5. The summed E-state index contributed by atoms with van der Waals surface area (Å²) in [6.45, 7) is 3.06. The van der Waals surface area contributed by atoms with Crippen LogP contribution in [0, 0.1) is 5.82 Å². The first-order valence-electron chi connectivity index (χ1n) is 5.63. The number of nitrogens with two attached hydrogens (primary N) is 1. The van der Waals surface area contributed by atoms with E-state index in [2.05, 4.69) is 28.2 Å². The fraction of sp³-hybridized carbons (Fsp3) is 0.500. The Morgan fingerprint density at radius 2 is 2.06 bits per heavy atom. The van der Waals surface area contributed by atoms with E-state index in [0.29, 0.717) is 10.2 Å². The van der Waals surface area contributed by atoms with Crippen LogP contribution in [0.15, 0.2) is 16.6 Å². The van der Waals surface area contributed by atoms with E-state index < -0.39 is 0 Å². The Balaban J connectivity index is 2.45. The predicted molar refractivity (Wildman–Crippen MR) is 71.1 cm³/mol. The van der Waals surface area contributed by atoms with Crippen LogP contribution in [0.25, 0.3) is 0 Å². The van der Waals surface area contributed by atoms with Gasteiger partial charge >= 0.3 is 0 Å². The highest BCUT2D eigenvalue weighted by atomic mass is 79.9. The van der Waals surface area contributed by atoms with Crippen molar-refractivity contribution in [3.8, 4) is 0 Å². The molecule has 0 amide bonds. The van der Waals surface area contributed by atoms with Gasteiger partial charge in [-0.3, -0.25) is 0 Å². The lowest BCUT2D eigenvalue weighted by molar-refractivity contribution is 0.622. The van der Waals surface area contributed by atoms with Gasteiger partial charge in [-0.1, -0.05) is 26.2 Å². The second-order valence-corrected chi connectivity index (χ2v) is 4.70. The summed E-state index contributed by atoms with van der Waals surface area (Å²) in [5.74, 6) is -0.325. The molecule has 0 saturated heterocycles. The average Bonchev–Trinajstić information content (AvgIpc) is 2.25. The van der Waals surface area contributed by atoms with Gasteiger partial charge in [0.2, 0.25) is 0 Å². The van der Waals surface area contributed by atoms with Crippen molar-refractivity contribution in [1.82, 2.24) is 0 Å². The number of hydrogen-bond donors (Lipinski definition) is 2. The molecular formula is C12H18BrFN2. The molecule has 0 bridgehead atoms. The van der Waals surface area contributed by atoms with Crippen LogP contribution >= 0.6 is 15.9 Å². The van der Waals surface area contributed by atoms with E-state index in [1.54, 1.807) is 6.07 Å².